The van der Waals surface area contributed by atoms with Crippen LogP contribution in [0.2, 0.25) is 0 Å². The second-order valence-corrected chi connectivity index (χ2v) is 5.75. The lowest BCUT2D eigenvalue weighted by Crippen LogP contribution is -2.44. The van der Waals surface area contributed by atoms with Gasteiger partial charge in [0, 0.05) is 42.4 Å². The minimum atomic E-state index is -0.472. The van der Waals surface area contributed by atoms with Gasteiger partial charge in [0.2, 0.25) is 0 Å². The van der Waals surface area contributed by atoms with E-state index in [9.17, 15) is 14.9 Å². The van der Waals surface area contributed by atoms with Crippen molar-refractivity contribution in [2.75, 3.05) is 19.9 Å². The minimum Gasteiger partial charge on any atom is -0.467 e. The molecule has 2 aliphatic rings. The van der Waals surface area contributed by atoms with E-state index < -0.39 is 4.92 Å². The molecule has 128 valence electrons. The fourth-order valence-electron chi connectivity index (χ4n) is 2.82. The Bertz CT molecular complexity index is 668. The summed E-state index contributed by atoms with van der Waals surface area (Å²) in [5.41, 5.74) is 3.86. The lowest BCUT2D eigenvalue weighted by Gasteiger charge is -2.26. The zero-order chi connectivity index (χ0) is 16.9. The Morgan fingerprint density at radius 3 is 2.83 bits per heavy atom. The first kappa shape index (κ1) is 16.4. The van der Waals surface area contributed by atoms with E-state index in [0.717, 1.165) is 25.9 Å². The molecule has 0 radical (unpaired) electrons. The summed E-state index contributed by atoms with van der Waals surface area (Å²) in [5.74, 6) is 0.262. The minimum absolute atomic E-state index is 0.0565. The van der Waals surface area contributed by atoms with Gasteiger partial charge in [-0.05, 0) is 18.9 Å². The third-order valence-electron chi connectivity index (χ3n) is 3.97. The molecule has 0 unspecified atom stereocenters. The molecule has 1 N–H and O–H groups in total. The van der Waals surface area contributed by atoms with Crippen molar-refractivity contribution in [2.24, 2.45) is 0 Å². The van der Waals surface area contributed by atoms with Crippen LogP contribution in [0, 0.1) is 10.1 Å². The van der Waals surface area contributed by atoms with E-state index in [1.54, 1.807) is 0 Å². The first-order valence-electron chi connectivity index (χ1n) is 7.89. The van der Waals surface area contributed by atoms with E-state index in [2.05, 4.69) is 5.43 Å². The number of carbonyl (C=O) groups excluding carboxylic acids is 1. The summed E-state index contributed by atoms with van der Waals surface area (Å²) >= 11 is 0. The highest BCUT2D eigenvalue weighted by molar-refractivity contribution is 5.92. The molecule has 8 heteroatoms. The topological polar surface area (TPSA) is 93.9 Å². The largest absolute Gasteiger partial charge is 0.467 e. The van der Waals surface area contributed by atoms with E-state index in [1.807, 2.05) is 5.01 Å². The van der Waals surface area contributed by atoms with Crippen molar-refractivity contribution in [1.29, 1.82) is 0 Å². The summed E-state index contributed by atoms with van der Waals surface area (Å²) in [7, 11) is 0. The van der Waals surface area contributed by atoms with Crippen LogP contribution in [0.1, 0.15) is 30.4 Å². The number of nitro groups is 1. The zero-order valence-electron chi connectivity index (χ0n) is 13.2. The Kier molecular flexibility index (Phi) is 5.07. The van der Waals surface area contributed by atoms with E-state index in [-0.39, 0.29) is 25.0 Å². The quantitative estimate of drug-likeness (QED) is 0.514. The summed E-state index contributed by atoms with van der Waals surface area (Å²) in [6.07, 6.45) is 6.22. The first-order chi connectivity index (χ1) is 11.6. The molecule has 1 fully saturated rings. The molecule has 1 amide bonds. The van der Waals surface area contributed by atoms with Crippen molar-refractivity contribution in [3.63, 3.8) is 0 Å². The second kappa shape index (κ2) is 7.41. The van der Waals surface area contributed by atoms with Gasteiger partial charge in [0.15, 0.2) is 6.79 Å². The molecule has 2 heterocycles. The lowest BCUT2D eigenvalue weighted by molar-refractivity contribution is -0.385. The molecule has 1 saturated heterocycles. The van der Waals surface area contributed by atoms with Crippen LogP contribution in [0.3, 0.4) is 0 Å². The standard InChI is InChI=1S/C16H19N3O5/c20-15(17-18-6-2-1-3-7-18)5-4-12-8-14(19(21)22)9-13-10-23-11-24-16(12)13/h4-5,8-9H,1-3,6-7,10-11H2,(H,17,20)/b5-4+. The van der Waals surface area contributed by atoms with E-state index in [4.69, 9.17) is 9.47 Å². The molecule has 0 bridgehead atoms. The number of hydrazine groups is 1. The number of ether oxygens (including phenoxy) is 2. The number of hydrogen-bond donors (Lipinski definition) is 1. The van der Waals surface area contributed by atoms with Crippen LogP contribution in [0.15, 0.2) is 18.2 Å². The summed E-state index contributed by atoms with van der Waals surface area (Å²) in [6.45, 7) is 2.02. The molecule has 2 aliphatic heterocycles. The molecule has 3 rings (SSSR count). The third-order valence-corrected chi connectivity index (χ3v) is 3.97. The third kappa shape index (κ3) is 3.90. The number of piperidine rings is 1. The summed E-state index contributed by atoms with van der Waals surface area (Å²) in [6, 6.07) is 2.83. The number of amides is 1. The molecular weight excluding hydrogens is 314 g/mol. The molecule has 0 atom stereocenters. The van der Waals surface area contributed by atoms with Gasteiger partial charge in [-0.1, -0.05) is 6.42 Å². The lowest BCUT2D eigenvalue weighted by atomic mass is 10.1. The molecule has 0 spiro atoms. The number of non-ortho nitro benzene ring substituents is 1. The van der Waals surface area contributed by atoms with Crippen LogP contribution in [-0.2, 0) is 16.1 Å². The van der Waals surface area contributed by atoms with Gasteiger partial charge in [0.1, 0.15) is 5.75 Å². The number of nitrogens with one attached hydrogen (secondary N) is 1. The SMILES string of the molecule is O=C(/C=C/c1cc([N+](=O)[O-])cc2c1OCOC2)NN1CCCCC1. The number of nitro benzene ring substituents is 1. The van der Waals surface area contributed by atoms with Crippen molar-refractivity contribution >= 4 is 17.7 Å². The monoisotopic (exact) mass is 333 g/mol. The van der Waals surface area contributed by atoms with Crippen LogP contribution in [0.4, 0.5) is 5.69 Å². The fraction of sp³-hybridized carbons (Fsp3) is 0.438. The molecule has 24 heavy (non-hydrogen) atoms. The van der Waals surface area contributed by atoms with Gasteiger partial charge in [-0.3, -0.25) is 20.3 Å². The van der Waals surface area contributed by atoms with Gasteiger partial charge in [-0.15, -0.1) is 0 Å². The molecule has 0 aromatic heterocycles. The Morgan fingerprint density at radius 2 is 2.08 bits per heavy atom. The first-order valence-corrected chi connectivity index (χ1v) is 7.89. The van der Waals surface area contributed by atoms with Gasteiger partial charge in [-0.2, -0.15) is 0 Å². The highest BCUT2D eigenvalue weighted by atomic mass is 16.7. The molecule has 1 aromatic rings. The Morgan fingerprint density at radius 1 is 1.29 bits per heavy atom. The summed E-state index contributed by atoms with van der Waals surface area (Å²) in [4.78, 5) is 22.6. The average molecular weight is 333 g/mol. The average Bonchev–Trinajstić information content (AvgIpc) is 2.60. The molecule has 0 saturated carbocycles. The number of fused-ring (bicyclic) bond motifs is 1. The smallest absolute Gasteiger partial charge is 0.270 e. The van der Waals surface area contributed by atoms with Gasteiger partial charge >= 0.3 is 0 Å². The van der Waals surface area contributed by atoms with Gasteiger partial charge in [0.25, 0.3) is 11.6 Å². The van der Waals surface area contributed by atoms with E-state index >= 15 is 0 Å². The summed E-state index contributed by atoms with van der Waals surface area (Å²) < 4.78 is 10.6. The van der Waals surface area contributed by atoms with E-state index in [0.29, 0.717) is 16.9 Å². The van der Waals surface area contributed by atoms with Crippen LogP contribution < -0.4 is 10.2 Å². The van der Waals surface area contributed by atoms with Gasteiger partial charge < -0.3 is 9.47 Å². The van der Waals surface area contributed by atoms with Crippen LogP contribution in [-0.4, -0.2) is 35.7 Å². The predicted molar refractivity (Wildman–Crippen MR) is 86.0 cm³/mol. The molecular formula is C16H19N3O5. The number of benzene rings is 1. The maximum atomic E-state index is 12.0. The fourth-order valence-corrected chi connectivity index (χ4v) is 2.82. The highest BCUT2D eigenvalue weighted by Crippen LogP contribution is 2.33. The van der Waals surface area contributed by atoms with E-state index in [1.165, 1.54) is 30.7 Å². The number of nitrogens with zero attached hydrogens (tertiary/aromatic N) is 2. The number of carbonyl (C=O) groups is 1. The maximum Gasteiger partial charge on any atom is 0.270 e. The Hall–Kier alpha value is -2.45. The zero-order valence-corrected chi connectivity index (χ0v) is 13.2. The Balaban J connectivity index is 1.76. The van der Waals surface area contributed by atoms with Gasteiger partial charge in [0.05, 0.1) is 11.5 Å². The highest BCUT2D eigenvalue weighted by Gasteiger charge is 2.20. The normalized spacial score (nSPS) is 18.0. The summed E-state index contributed by atoms with van der Waals surface area (Å²) in [5, 5.41) is 12.9. The van der Waals surface area contributed by atoms with Crippen LogP contribution >= 0.6 is 0 Å². The van der Waals surface area contributed by atoms with Crippen molar-refractivity contribution in [3.05, 3.63) is 39.4 Å². The van der Waals surface area contributed by atoms with Crippen molar-refractivity contribution in [2.45, 2.75) is 25.9 Å². The van der Waals surface area contributed by atoms with Crippen molar-refractivity contribution in [3.8, 4) is 5.75 Å². The number of hydrogen-bond acceptors (Lipinski definition) is 6. The van der Waals surface area contributed by atoms with Crippen molar-refractivity contribution in [1.82, 2.24) is 10.4 Å². The number of rotatable bonds is 4. The molecule has 0 aliphatic carbocycles. The Labute approximate surface area is 139 Å². The van der Waals surface area contributed by atoms with Gasteiger partial charge in [-0.25, -0.2) is 5.01 Å². The maximum absolute atomic E-state index is 12.0. The predicted octanol–water partition coefficient (Wildman–Crippen LogP) is 1.99. The molecule has 1 aromatic carbocycles. The van der Waals surface area contributed by atoms with Crippen molar-refractivity contribution < 1.29 is 19.2 Å². The molecule has 8 nitrogen and oxygen atoms in total. The second-order valence-electron chi connectivity index (χ2n) is 5.75. The van der Waals surface area contributed by atoms with Crippen LogP contribution in [0.5, 0.6) is 5.75 Å². The van der Waals surface area contributed by atoms with Crippen LogP contribution in [0.25, 0.3) is 6.08 Å².